The Hall–Kier alpha value is -2.16. The maximum Gasteiger partial charge on any atom is 0.251 e. The SMILES string of the molecule is C=C(N=C/C(Br)=C\N)N=C(N=CN)C(C)NC(=O)c1cc(Cl)cc(Cl)c1. The number of halogens is 3. The number of amides is 1. The van der Waals surface area contributed by atoms with E-state index in [1.54, 1.807) is 6.92 Å². The Balaban J connectivity index is 2.95. The first-order valence-corrected chi connectivity index (χ1v) is 8.72. The summed E-state index contributed by atoms with van der Waals surface area (Å²) in [6, 6.07) is 3.95. The second-order valence-corrected chi connectivity index (χ2v) is 6.62. The van der Waals surface area contributed by atoms with Crippen molar-refractivity contribution in [2.45, 2.75) is 13.0 Å². The molecule has 1 aromatic carbocycles. The van der Waals surface area contributed by atoms with Gasteiger partial charge >= 0.3 is 0 Å². The number of amidine groups is 1. The van der Waals surface area contributed by atoms with Crippen molar-refractivity contribution in [1.82, 2.24) is 5.32 Å². The molecule has 0 spiro atoms. The second kappa shape index (κ2) is 10.7. The van der Waals surface area contributed by atoms with Gasteiger partial charge in [-0.1, -0.05) is 29.8 Å². The lowest BCUT2D eigenvalue weighted by Crippen LogP contribution is -2.38. The summed E-state index contributed by atoms with van der Waals surface area (Å²) in [6.07, 6.45) is 3.80. The number of aliphatic imine (C=N–C) groups is 3. The molecule has 138 valence electrons. The van der Waals surface area contributed by atoms with E-state index in [1.807, 2.05) is 0 Å². The van der Waals surface area contributed by atoms with Gasteiger partial charge in [0.05, 0.1) is 16.9 Å². The molecule has 0 radical (unpaired) electrons. The quantitative estimate of drug-likeness (QED) is 0.447. The molecule has 26 heavy (non-hydrogen) atoms. The minimum absolute atomic E-state index is 0.149. The van der Waals surface area contributed by atoms with Crippen molar-refractivity contribution in [3.8, 4) is 0 Å². The van der Waals surface area contributed by atoms with Gasteiger partial charge in [-0.3, -0.25) is 4.79 Å². The number of hydrogen-bond donors (Lipinski definition) is 3. The summed E-state index contributed by atoms with van der Waals surface area (Å²) in [5.41, 5.74) is 11.0. The summed E-state index contributed by atoms with van der Waals surface area (Å²) in [4.78, 5) is 24.4. The number of nitrogens with two attached hydrogens (primary N) is 2. The summed E-state index contributed by atoms with van der Waals surface area (Å²) in [7, 11) is 0. The maximum absolute atomic E-state index is 12.4. The van der Waals surface area contributed by atoms with Crippen LogP contribution in [0.2, 0.25) is 10.0 Å². The van der Waals surface area contributed by atoms with Crippen molar-refractivity contribution in [2.75, 3.05) is 0 Å². The number of hydrogen-bond acceptors (Lipinski definition) is 4. The van der Waals surface area contributed by atoms with Crippen molar-refractivity contribution < 1.29 is 4.79 Å². The predicted molar refractivity (Wildman–Crippen MR) is 112 cm³/mol. The first-order valence-electron chi connectivity index (χ1n) is 7.17. The van der Waals surface area contributed by atoms with Crippen LogP contribution in [0.5, 0.6) is 0 Å². The molecule has 1 unspecified atom stereocenters. The van der Waals surface area contributed by atoms with E-state index >= 15 is 0 Å². The molecule has 0 bridgehead atoms. The van der Waals surface area contributed by atoms with E-state index in [2.05, 4.69) is 42.8 Å². The molecule has 7 nitrogen and oxygen atoms in total. The van der Waals surface area contributed by atoms with Crippen LogP contribution in [0, 0.1) is 0 Å². The zero-order valence-electron chi connectivity index (χ0n) is 13.8. The molecule has 1 rings (SSSR count). The Morgan fingerprint density at radius 1 is 1.27 bits per heavy atom. The van der Waals surface area contributed by atoms with Gasteiger partial charge < -0.3 is 16.8 Å². The van der Waals surface area contributed by atoms with Crippen LogP contribution in [0.1, 0.15) is 17.3 Å². The van der Waals surface area contributed by atoms with Crippen LogP contribution >= 0.6 is 39.1 Å². The summed E-state index contributed by atoms with van der Waals surface area (Å²) in [5.74, 6) is -0.0370. The molecule has 0 aliphatic heterocycles. The predicted octanol–water partition coefficient (Wildman–Crippen LogP) is 3.23. The monoisotopic (exact) mass is 458 g/mol. The highest BCUT2D eigenvalue weighted by Gasteiger charge is 2.15. The van der Waals surface area contributed by atoms with Crippen molar-refractivity contribution in [1.29, 1.82) is 0 Å². The van der Waals surface area contributed by atoms with Gasteiger partial charge in [0, 0.05) is 28.0 Å². The third kappa shape index (κ3) is 7.38. The maximum atomic E-state index is 12.4. The number of allylic oxidation sites excluding steroid dienone is 1. The molecule has 5 N–H and O–H groups in total. The summed E-state index contributed by atoms with van der Waals surface area (Å²) in [5, 5.41) is 3.43. The Labute approximate surface area is 169 Å². The largest absolute Gasteiger partial charge is 0.404 e. The third-order valence-electron chi connectivity index (χ3n) is 2.81. The highest BCUT2D eigenvalue weighted by Crippen LogP contribution is 2.19. The number of benzene rings is 1. The Morgan fingerprint density at radius 3 is 2.42 bits per heavy atom. The number of nitrogens with one attached hydrogen (secondary N) is 1. The van der Waals surface area contributed by atoms with Crippen LogP contribution in [0.3, 0.4) is 0 Å². The Bertz CT molecular complexity index is 784. The van der Waals surface area contributed by atoms with Crippen LogP contribution in [-0.4, -0.2) is 30.3 Å². The van der Waals surface area contributed by atoms with Gasteiger partial charge in [0.25, 0.3) is 5.91 Å². The topological polar surface area (TPSA) is 118 Å². The molecular formula is C16H17BrCl2N6O. The first-order chi connectivity index (χ1) is 12.3. The normalized spacial score (nSPS) is 14.0. The number of rotatable bonds is 6. The van der Waals surface area contributed by atoms with E-state index < -0.39 is 11.9 Å². The summed E-state index contributed by atoms with van der Waals surface area (Å²) in [6.45, 7) is 5.37. The number of carbonyl (C=O) groups excluding carboxylic acids is 1. The molecule has 0 saturated carbocycles. The van der Waals surface area contributed by atoms with E-state index in [9.17, 15) is 4.79 Å². The van der Waals surface area contributed by atoms with E-state index in [4.69, 9.17) is 34.7 Å². The summed E-state index contributed by atoms with van der Waals surface area (Å²) < 4.78 is 0.553. The molecule has 1 aromatic rings. The van der Waals surface area contributed by atoms with Gasteiger partial charge in [-0.2, -0.15) is 0 Å². The Kier molecular flexibility index (Phi) is 9.04. The molecule has 0 saturated heterocycles. The fourth-order valence-corrected chi connectivity index (χ4v) is 2.31. The molecule has 0 aromatic heterocycles. The van der Waals surface area contributed by atoms with E-state index in [0.717, 1.165) is 6.34 Å². The lowest BCUT2D eigenvalue weighted by molar-refractivity contribution is 0.0949. The average molecular weight is 460 g/mol. The molecule has 10 heteroatoms. The van der Waals surface area contributed by atoms with Gasteiger partial charge in [-0.25, -0.2) is 15.0 Å². The van der Waals surface area contributed by atoms with Gasteiger partial charge in [-0.15, -0.1) is 0 Å². The van der Waals surface area contributed by atoms with Crippen LogP contribution < -0.4 is 16.8 Å². The second-order valence-electron chi connectivity index (χ2n) is 4.83. The zero-order valence-corrected chi connectivity index (χ0v) is 16.9. The zero-order chi connectivity index (χ0) is 19.7. The van der Waals surface area contributed by atoms with Gasteiger partial charge in [0.2, 0.25) is 0 Å². The molecule has 1 atom stereocenters. The van der Waals surface area contributed by atoms with Crippen LogP contribution in [0.15, 0.2) is 56.3 Å². The van der Waals surface area contributed by atoms with Crippen molar-refractivity contribution >= 4 is 63.4 Å². The minimum atomic E-state index is -0.583. The molecule has 1 amide bonds. The highest BCUT2D eigenvalue weighted by molar-refractivity contribution is 9.12. The van der Waals surface area contributed by atoms with E-state index in [0.29, 0.717) is 20.1 Å². The summed E-state index contributed by atoms with van der Waals surface area (Å²) >= 11 is 15.0. The van der Waals surface area contributed by atoms with Gasteiger partial charge in [0.1, 0.15) is 5.82 Å². The lowest BCUT2D eigenvalue weighted by Gasteiger charge is -2.14. The fourth-order valence-electron chi connectivity index (χ4n) is 1.68. The highest BCUT2D eigenvalue weighted by atomic mass is 79.9. The Morgan fingerprint density at radius 2 is 1.88 bits per heavy atom. The van der Waals surface area contributed by atoms with Gasteiger partial charge in [0.15, 0.2) is 5.84 Å². The third-order valence-corrected chi connectivity index (χ3v) is 3.71. The molecule has 0 heterocycles. The van der Waals surface area contributed by atoms with E-state index in [1.165, 1.54) is 30.6 Å². The van der Waals surface area contributed by atoms with Crippen molar-refractivity contribution in [2.24, 2.45) is 26.4 Å². The van der Waals surface area contributed by atoms with E-state index in [-0.39, 0.29) is 11.7 Å². The molecule has 0 fully saturated rings. The van der Waals surface area contributed by atoms with Crippen LogP contribution in [0.25, 0.3) is 0 Å². The van der Waals surface area contributed by atoms with Crippen molar-refractivity contribution in [3.63, 3.8) is 0 Å². The number of nitrogens with zero attached hydrogens (tertiary/aromatic N) is 3. The van der Waals surface area contributed by atoms with Crippen LogP contribution in [-0.2, 0) is 0 Å². The van der Waals surface area contributed by atoms with Crippen molar-refractivity contribution in [3.05, 3.63) is 56.9 Å². The average Bonchev–Trinajstić information content (AvgIpc) is 2.58. The number of carbonyl (C=O) groups is 1. The first kappa shape index (κ1) is 21.9. The minimum Gasteiger partial charge on any atom is -0.404 e. The smallest absolute Gasteiger partial charge is 0.251 e. The van der Waals surface area contributed by atoms with Crippen LogP contribution in [0.4, 0.5) is 0 Å². The standard InChI is InChI=1S/C16H17BrCl2N6O/c1-9(24-16(26)11-3-13(18)5-14(19)4-11)15(23-8-21)25-10(2)22-7-12(17)6-20/h3-9H,2,20H2,1H3,(H,24,26)(H2,21,23,25)/b12-6+,22-7?. The molecule has 0 aliphatic carbocycles. The molecular weight excluding hydrogens is 443 g/mol. The fraction of sp³-hybridized carbons (Fsp3) is 0.125. The lowest BCUT2D eigenvalue weighted by atomic mass is 10.2. The molecule has 0 aliphatic rings. The van der Waals surface area contributed by atoms with Gasteiger partial charge in [-0.05, 0) is 41.1 Å².